The maximum absolute atomic E-state index is 13.1. The number of benzene rings is 1. The molecule has 1 aliphatic heterocycles. The minimum atomic E-state index is -0.0404. The van der Waals surface area contributed by atoms with Crippen LogP contribution in [0.5, 0.6) is 0 Å². The van der Waals surface area contributed by atoms with Crippen molar-refractivity contribution >= 4 is 40.0 Å². The van der Waals surface area contributed by atoms with Gasteiger partial charge in [-0.2, -0.15) is 0 Å². The lowest BCUT2D eigenvalue weighted by Gasteiger charge is -2.21. The number of rotatable bonds is 7. The minimum absolute atomic E-state index is 0.0404. The number of likely N-dealkylation sites (tertiary alicyclic amines) is 1. The quantitative estimate of drug-likeness (QED) is 0.526. The fourth-order valence-electron chi connectivity index (χ4n) is 3.52. The van der Waals surface area contributed by atoms with Gasteiger partial charge in [-0.05, 0) is 38.9 Å². The van der Waals surface area contributed by atoms with Gasteiger partial charge in [-0.3, -0.25) is 4.79 Å². The predicted octanol–water partition coefficient (Wildman–Crippen LogP) is 4.66. The van der Waals surface area contributed by atoms with Gasteiger partial charge >= 0.3 is 0 Å². The normalized spacial score (nSPS) is 14.8. The highest BCUT2D eigenvalue weighted by molar-refractivity contribution is 8.00. The number of nitrogens with zero attached hydrogens (tertiary/aromatic N) is 3. The van der Waals surface area contributed by atoms with Crippen molar-refractivity contribution in [1.82, 2.24) is 14.8 Å². The Morgan fingerprint density at radius 1 is 1.32 bits per heavy atom. The van der Waals surface area contributed by atoms with Crippen LogP contribution in [-0.4, -0.2) is 53.9 Å². The van der Waals surface area contributed by atoms with Gasteiger partial charge in [-0.1, -0.05) is 30.0 Å². The summed E-state index contributed by atoms with van der Waals surface area (Å²) >= 11 is 3.30. The minimum Gasteiger partial charge on any atom is -0.451 e. The Hall–Kier alpha value is -1.83. The summed E-state index contributed by atoms with van der Waals surface area (Å²) in [6.07, 6.45) is 2.53. The van der Waals surface area contributed by atoms with E-state index in [1.807, 2.05) is 43.6 Å². The van der Waals surface area contributed by atoms with E-state index in [0.717, 1.165) is 46.2 Å². The summed E-state index contributed by atoms with van der Waals surface area (Å²) in [5, 5.41) is 3.06. The standard InChI is InChI=1S/C21H25N3O2S2/c1-15-13-27-21(22-15)28-14-17-16-7-3-4-8-18(16)26-19(17)20(25)23(2)11-12-24-9-5-6-10-24/h3-4,7-8,13H,5-6,9-12,14H2,1-2H3. The molecule has 0 bridgehead atoms. The van der Waals surface area contributed by atoms with Crippen molar-refractivity contribution in [2.45, 2.75) is 29.9 Å². The third kappa shape index (κ3) is 4.26. The number of carbonyl (C=O) groups excluding carboxylic acids is 1. The maximum atomic E-state index is 13.1. The molecule has 1 saturated heterocycles. The topological polar surface area (TPSA) is 49.6 Å². The molecular weight excluding hydrogens is 390 g/mol. The number of fused-ring (bicyclic) bond motifs is 1. The van der Waals surface area contributed by atoms with Gasteiger partial charge in [-0.25, -0.2) is 4.98 Å². The molecule has 0 aliphatic carbocycles. The molecule has 3 aromatic rings. The van der Waals surface area contributed by atoms with E-state index in [9.17, 15) is 4.79 Å². The van der Waals surface area contributed by atoms with Crippen LogP contribution >= 0.6 is 23.1 Å². The third-order valence-electron chi connectivity index (χ3n) is 5.13. The van der Waals surface area contributed by atoms with Crippen molar-refractivity contribution in [3.8, 4) is 0 Å². The largest absolute Gasteiger partial charge is 0.451 e. The highest BCUT2D eigenvalue weighted by Crippen LogP contribution is 2.33. The average molecular weight is 416 g/mol. The van der Waals surface area contributed by atoms with E-state index in [1.165, 1.54) is 12.8 Å². The van der Waals surface area contributed by atoms with Crippen LogP contribution in [0.2, 0.25) is 0 Å². The number of hydrogen-bond acceptors (Lipinski definition) is 6. The summed E-state index contributed by atoms with van der Waals surface area (Å²) in [6.45, 7) is 5.92. The van der Waals surface area contributed by atoms with E-state index < -0.39 is 0 Å². The fraction of sp³-hybridized carbons (Fsp3) is 0.429. The molecular formula is C21H25N3O2S2. The van der Waals surface area contributed by atoms with Crippen LogP contribution in [0.3, 0.4) is 0 Å². The zero-order valence-electron chi connectivity index (χ0n) is 16.3. The van der Waals surface area contributed by atoms with Crippen molar-refractivity contribution in [2.75, 3.05) is 33.2 Å². The maximum Gasteiger partial charge on any atom is 0.289 e. The molecule has 0 unspecified atom stereocenters. The SMILES string of the molecule is Cc1csc(SCc2c(C(=O)N(C)CCN3CCCC3)oc3ccccc23)n1. The predicted molar refractivity (Wildman–Crippen MR) is 115 cm³/mol. The number of likely N-dealkylation sites (N-methyl/N-ethyl adjacent to an activating group) is 1. The molecule has 7 heteroatoms. The van der Waals surface area contributed by atoms with Gasteiger partial charge in [0.15, 0.2) is 5.76 Å². The van der Waals surface area contributed by atoms with Crippen molar-refractivity contribution in [3.05, 3.63) is 46.7 Å². The van der Waals surface area contributed by atoms with E-state index >= 15 is 0 Å². The Balaban J connectivity index is 1.53. The molecule has 28 heavy (non-hydrogen) atoms. The second-order valence-corrected chi connectivity index (χ2v) is 9.31. The zero-order valence-corrected chi connectivity index (χ0v) is 17.9. The highest BCUT2D eigenvalue weighted by Gasteiger charge is 2.24. The highest BCUT2D eigenvalue weighted by atomic mass is 32.2. The first kappa shape index (κ1) is 19.5. The number of thiazole rings is 1. The number of para-hydroxylation sites is 1. The van der Waals surface area contributed by atoms with E-state index in [2.05, 4.69) is 9.88 Å². The molecule has 0 atom stereocenters. The van der Waals surface area contributed by atoms with Gasteiger partial charge in [0.1, 0.15) is 9.92 Å². The van der Waals surface area contributed by atoms with Crippen molar-refractivity contribution in [3.63, 3.8) is 0 Å². The van der Waals surface area contributed by atoms with Crippen molar-refractivity contribution < 1.29 is 9.21 Å². The molecule has 3 heterocycles. The monoisotopic (exact) mass is 415 g/mol. The Bertz CT molecular complexity index is 960. The molecule has 1 amide bonds. The van der Waals surface area contributed by atoms with Gasteiger partial charge in [0.2, 0.25) is 0 Å². The Morgan fingerprint density at radius 2 is 2.11 bits per heavy atom. The second-order valence-electron chi connectivity index (χ2n) is 7.22. The number of furan rings is 1. The zero-order chi connectivity index (χ0) is 19.5. The summed E-state index contributed by atoms with van der Waals surface area (Å²) in [7, 11) is 1.87. The lowest BCUT2D eigenvalue weighted by atomic mass is 10.1. The number of thioether (sulfide) groups is 1. The molecule has 1 aliphatic rings. The number of carbonyl (C=O) groups is 1. The van der Waals surface area contributed by atoms with Gasteiger partial charge in [0.05, 0.1) is 0 Å². The van der Waals surface area contributed by atoms with Gasteiger partial charge in [-0.15, -0.1) is 11.3 Å². The van der Waals surface area contributed by atoms with Crippen LogP contribution < -0.4 is 0 Å². The van der Waals surface area contributed by atoms with Crippen LogP contribution in [0.1, 0.15) is 34.7 Å². The summed E-state index contributed by atoms with van der Waals surface area (Å²) < 4.78 is 7.03. The van der Waals surface area contributed by atoms with Gasteiger partial charge < -0.3 is 14.2 Å². The number of aromatic nitrogens is 1. The van der Waals surface area contributed by atoms with E-state index in [4.69, 9.17) is 4.42 Å². The molecule has 5 nitrogen and oxygen atoms in total. The third-order valence-corrected chi connectivity index (χ3v) is 7.29. The smallest absolute Gasteiger partial charge is 0.289 e. The van der Waals surface area contributed by atoms with E-state index in [0.29, 0.717) is 18.1 Å². The lowest BCUT2D eigenvalue weighted by Crippen LogP contribution is -2.35. The van der Waals surface area contributed by atoms with E-state index in [-0.39, 0.29) is 5.91 Å². The number of aryl methyl sites for hydroxylation is 1. The van der Waals surface area contributed by atoms with Crippen LogP contribution in [0, 0.1) is 6.92 Å². The number of hydrogen-bond donors (Lipinski definition) is 0. The molecule has 0 saturated carbocycles. The average Bonchev–Trinajstić information content (AvgIpc) is 3.43. The summed E-state index contributed by atoms with van der Waals surface area (Å²) in [5.74, 6) is 1.09. The summed E-state index contributed by atoms with van der Waals surface area (Å²) in [4.78, 5) is 21.9. The fourth-order valence-corrected chi connectivity index (χ4v) is 5.40. The van der Waals surface area contributed by atoms with Crippen molar-refractivity contribution in [1.29, 1.82) is 0 Å². The molecule has 1 aromatic carbocycles. The molecule has 0 spiro atoms. The van der Waals surface area contributed by atoms with Gasteiger partial charge in [0, 0.05) is 47.9 Å². The first-order valence-electron chi connectivity index (χ1n) is 9.65. The molecule has 0 N–H and O–H groups in total. The molecule has 0 radical (unpaired) electrons. The first-order valence-corrected chi connectivity index (χ1v) is 11.5. The van der Waals surface area contributed by atoms with Crippen LogP contribution in [-0.2, 0) is 5.75 Å². The Labute approximate surface area is 173 Å². The molecule has 4 rings (SSSR count). The first-order chi connectivity index (χ1) is 13.6. The Kier molecular flexibility index (Phi) is 6.04. The summed E-state index contributed by atoms with van der Waals surface area (Å²) in [6, 6.07) is 7.89. The second kappa shape index (κ2) is 8.68. The van der Waals surface area contributed by atoms with E-state index in [1.54, 1.807) is 28.0 Å². The lowest BCUT2D eigenvalue weighted by molar-refractivity contribution is 0.0752. The van der Waals surface area contributed by atoms with Crippen LogP contribution in [0.4, 0.5) is 0 Å². The molecule has 1 fully saturated rings. The molecule has 148 valence electrons. The Morgan fingerprint density at radius 3 is 2.86 bits per heavy atom. The van der Waals surface area contributed by atoms with Crippen molar-refractivity contribution in [2.24, 2.45) is 0 Å². The molecule has 2 aromatic heterocycles. The van der Waals surface area contributed by atoms with Crippen LogP contribution in [0.25, 0.3) is 11.0 Å². The van der Waals surface area contributed by atoms with Crippen LogP contribution in [0.15, 0.2) is 38.4 Å². The van der Waals surface area contributed by atoms with Gasteiger partial charge in [0.25, 0.3) is 5.91 Å². The summed E-state index contributed by atoms with van der Waals surface area (Å²) in [5.41, 5.74) is 2.76. The number of amides is 1.